The third kappa shape index (κ3) is 5.31. The lowest BCUT2D eigenvalue weighted by Crippen LogP contribution is -2.29. The van der Waals surface area contributed by atoms with Crippen molar-refractivity contribution in [3.63, 3.8) is 0 Å². The monoisotopic (exact) mass is 352 g/mol. The Balaban J connectivity index is 2.01. The quantitative estimate of drug-likeness (QED) is 0.631. The Morgan fingerprint density at radius 1 is 1.23 bits per heavy atom. The lowest BCUT2D eigenvalue weighted by Gasteiger charge is -2.15. The molecular weight excluding hydrogens is 337 g/mol. The summed E-state index contributed by atoms with van der Waals surface area (Å²) in [5, 5.41) is 3.12. The van der Waals surface area contributed by atoms with E-state index in [0.717, 1.165) is 30.7 Å². The summed E-state index contributed by atoms with van der Waals surface area (Å²) in [4.78, 5) is -0.0962. The zero-order valence-electron chi connectivity index (χ0n) is 11.5. The Labute approximate surface area is 131 Å². The normalized spacial score (nSPS) is 16.4. The van der Waals surface area contributed by atoms with Crippen molar-refractivity contribution in [3.8, 4) is 0 Å². The summed E-state index contributed by atoms with van der Waals surface area (Å²) in [6, 6.07) is 4.65. The highest BCUT2D eigenvalue weighted by Crippen LogP contribution is 2.36. The average molecular weight is 352 g/mol. The molecule has 9 heteroatoms. The van der Waals surface area contributed by atoms with Crippen LogP contribution in [0.4, 0.5) is 13.2 Å². The first-order valence-corrected chi connectivity index (χ1v) is 8.80. The highest BCUT2D eigenvalue weighted by molar-refractivity contribution is 8.00. The number of nitrogens with one attached hydrogen (secondary N) is 2. The van der Waals surface area contributed by atoms with E-state index in [1.54, 1.807) is 0 Å². The molecule has 1 heterocycles. The summed E-state index contributed by atoms with van der Waals surface area (Å²) in [7, 11) is -3.72. The minimum Gasteiger partial charge on any atom is -0.313 e. The maximum Gasteiger partial charge on any atom is 0.446 e. The van der Waals surface area contributed by atoms with Gasteiger partial charge in [-0.1, -0.05) is 11.6 Å². The van der Waals surface area contributed by atoms with Crippen molar-refractivity contribution in [2.75, 3.05) is 19.6 Å². The first kappa shape index (κ1) is 17.3. The number of hydrogen-bond donors (Lipinski definition) is 2. The van der Waals surface area contributed by atoms with Crippen LogP contribution in [0, 0.1) is 0 Å². The van der Waals surface area contributed by atoms with E-state index in [1.807, 2.05) is 6.08 Å². The number of thioether (sulfide) groups is 1. The smallest absolute Gasteiger partial charge is 0.313 e. The molecule has 0 saturated carbocycles. The lowest BCUT2D eigenvalue weighted by molar-refractivity contribution is -0.0328. The van der Waals surface area contributed by atoms with Crippen molar-refractivity contribution >= 4 is 21.8 Å². The Kier molecular flexibility index (Phi) is 5.54. The highest BCUT2D eigenvalue weighted by atomic mass is 32.2. The van der Waals surface area contributed by atoms with Crippen molar-refractivity contribution in [3.05, 3.63) is 35.9 Å². The molecule has 1 aliphatic heterocycles. The maximum atomic E-state index is 12.2. The van der Waals surface area contributed by atoms with E-state index in [0.29, 0.717) is 6.54 Å². The fourth-order valence-corrected chi connectivity index (χ4v) is 3.50. The van der Waals surface area contributed by atoms with Gasteiger partial charge in [-0.25, -0.2) is 13.1 Å². The SMILES string of the molecule is O=S(=O)(NCC1=CCNCC1)c1ccc(SC(F)(F)F)cc1. The molecule has 0 aromatic heterocycles. The van der Waals surface area contributed by atoms with Crippen molar-refractivity contribution in [2.45, 2.75) is 21.7 Å². The van der Waals surface area contributed by atoms with Gasteiger partial charge in [0, 0.05) is 18.0 Å². The average Bonchev–Trinajstić information content (AvgIpc) is 2.45. The van der Waals surface area contributed by atoms with Crippen LogP contribution in [0.5, 0.6) is 0 Å². The molecule has 122 valence electrons. The number of hydrogen-bond acceptors (Lipinski definition) is 4. The van der Waals surface area contributed by atoms with Gasteiger partial charge in [-0.2, -0.15) is 13.2 Å². The number of rotatable bonds is 5. The van der Waals surface area contributed by atoms with Crippen molar-refractivity contribution in [1.82, 2.24) is 10.0 Å². The van der Waals surface area contributed by atoms with Crippen molar-refractivity contribution in [2.24, 2.45) is 0 Å². The topological polar surface area (TPSA) is 58.2 Å². The van der Waals surface area contributed by atoms with Gasteiger partial charge in [-0.05, 0) is 49.0 Å². The van der Waals surface area contributed by atoms with Gasteiger partial charge in [0.2, 0.25) is 10.0 Å². The molecule has 0 unspecified atom stereocenters. The summed E-state index contributed by atoms with van der Waals surface area (Å²) in [6.07, 6.45) is 2.69. The molecule has 0 saturated heterocycles. The third-order valence-corrected chi connectivity index (χ3v) is 5.17. The van der Waals surface area contributed by atoms with Crippen LogP contribution >= 0.6 is 11.8 Å². The second kappa shape index (κ2) is 7.03. The zero-order valence-corrected chi connectivity index (χ0v) is 13.1. The van der Waals surface area contributed by atoms with Crippen LogP contribution in [-0.2, 0) is 10.0 Å². The van der Waals surface area contributed by atoms with Crippen LogP contribution in [-0.4, -0.2) is 33.6 Å². The fraction of sp³-hybridized carbons (Fsp3) is 0.385. The van der Waals surface area contributed by atoms with Gasteiger partial charge in [0.1, 0.15) is 0 Å². The predicted molar refractivity (Wildman–Crippen MR) is 79.1 cm³/mol. The number of benzene rings is 1. The second-order valence-electron chi connectivity index (χ2n) is 4.66. The van der Waals surface area contributed by atoms with E-state index < -0.39 is 15.5 Å². The van der Waals surface area contributed by atoms with Gasteiger partial charge in [0.05, 0.1) is 4.90 Å². The zero-order chi connectivity index (χ0) is 16.2. The van der Waals surface area contributed by atoms with Gasteiger partial charge in [-0.15, -0.1) is 0 Å². The van der Waals surface area contributed by atoms with E-state index in [2.05, 4.69) is 10.0 Å². The maximum absolute atomic E-state index is 12.2. The number of alkyl halides is 3. The second-order valence-corrected chi connectivity index (χ2v) is 7.57. The van der Waals surface area contributed by atoms with Crippen molar-refractivity contribution in [1.29, 1.82) is 0 Å². The van der Waals surface area contributed by atoms with Crippen LogP contribution in [0.1, 0.15) is 6.42 Å². The number of halogens is 3. The Morgan fingerprint density at radius 3 is 2.45 bits per heavy atom. The van der Waals surface area contributed by atoms with Crippen LogP contribution < -0.4 is 10.0 Å². The summed E-state index contributed by atoms with van der Waals surface area (Å²) in [5.74, 6) is 0. The first-order chi connectivity index (χ1) is 10.3. The molecule has 0 spiro atoms. The van der Waals surface area contributed by atoms with Gasteiger partial charge in [-0.3, -0.25) is 0 Å². The van der Waals surface area contributed by atoms with Crippen LogP contribution in [0.15, 0.2) is 45.7 Å². The third-order valence-electron chi connectivity index (χ3n) is 3.01. The Hall–Kier alpha value is -1.03. The molecule has 2 rings (SSSR count). The van der Waals surface area contributed by atoms with Crippen LogP contribution in [0.2, 0.25) is 0 Å². The molecule has 1 aromatic carbocycles. The molecule has 2 N–H and O–H groups in total. The summed E-state index contributed by atoms with van der Waals surface area (Å²) in [6.45, 7) is 1.72. The van der Waals surface area contributed by atoms with E-state index >= 15 is 0 Å². The van der Waals surface area contributed by atoms with E-state index in [-0.39, 0.29) is 28.1 Å². The molecule has 0 radical (unpaired) electrons. The summed E-state index contributed by atoms with van der Waals surface area (Å²) >= 11 is -0.275. The van der Waals surface area contributed by atoms with Crippen LogP contribution in [0.25, 0.3) is 0 Å². The fourth-order valence-electron chi connectivity index (χ4n) is 1.92. The minimum atomic E-state index is -4.39. The molecule has 4 nitrogen and oxygen atoms in total. The molecule has 0 atom stereocenters. The molecular formula is C13H15F3N2O2S2. The molecule has 0 bridgehead atoms. The molecule has 0 amide bonds. The van der Waals surface area contributed by atoms with Crippen molar-refractivity contribution < 1.29 is 21.6 Å². The molecule has 22 heavy (non-hydrogen) atoms. The minimum absolute atomic E-state index is 0.0476. The van der Waals surface area contributed by atoms with Gasteiger partial charge >= 0.3 is 5.51 Å². The Bertz CT molecular complexity index is 640. The predicted octanol–water partition coefficient (Wildman–Crippen LogP) is 2.50. The lowest BCUT2D eigenvalue weighted by atomic mass is 10.1. The summed E-state index contributed by atoms with van der Waals surface area (Å²) in [5.41, 5.74) is -3.40. The standard InChI is InChI=1S/C13H15F3N2O2S2/c14-13(15,16)21-11-1-3-12(4-2-11)22(19,20)18-9-10-5-7-17-8-6-10/h1-5,17-18H,6-9H2. The molecule has 1 aliphatic rings. The largest absolute Gasteiger partial charge is 0.446 e. The van der Waals surface area contributed by atoms with Gasteiger partial charge < -0.3 is 5.32 Å². The van der Waals surface area contributed by atoms with Gasteiger partial charge in [0.15, 0.2) is 0 Å². The van der Waals surface area contributed by atoms with E-state index in [1.165, 1.54) is 12.1 Å². The molecule has 1 aromatic rings. The summed E-state index contributed by atoms with van der Waals surface area (Å²) < 4.78 is 63.3. The molecule has 0 fully saturated rings. The van der Waals surface area contributed by atoms with E-state index in [4.69, 9.17) is 0 Å². The van der Waals surface area contributed by atoms with E-state index in [9.17, 15) is 21.6 Å². The Morgan fingerprint density at radius 2 is 1.91 bits per heavy atom. The number of sulfonamides is 1. The highest BCUT2D eigenvalue weighted by Gasteiger charge is 2.29. The molecule has 0 aliphatic carbocycles. The van der Waals surface area contributed by atoms with Gasteiger partial charge in [0.25, 0.3) is 0 Å². The first-order valence-electron chi connectivity index (χ1n) is 6.50. The van der Waals surface area contributed by atoms with Crippen LogP contribution in [0.3, 0.4) is 0 Å².